The van der Waals surface area contributed by atoms with Crippen LogP contribution in [-0.2, 0) is 11.2 Å². The van der Waals surface area contributed by atoms with E-state index in [0.717, 1.165) is 17.5 Å². The molecule has 1 aliphatic carbocycles. The number of nitrogens with one attached hydrogen (secondary N) is 1. The highest BCUT2D eigenvalue weighted by atomic mass is 16.5. The fraction of sp³-hybridized carbons (Fsp3) is 0.500. The van der Waals surface area contributed by atoms with Crippen LogP contribution in [0.25, 0.3) is 11.4 Å². The first-order valence-corrected chi connectivity index (χ1v) is 9.88. The Hall–Kier alpha value is -2.87. The van der Waals surface area contributed by atoms with Crippen LogP contribution < -0.4 is 15.0 Å². The van der Waals surface area contributed by atoms with E-state index in [1.54, 1.807) is 7.11 Å². The number of carbonyl (C=O) groups is 1. The summed E-state index contributed by atoms with van der Waals surface area (Å²) in [7, 11) is 3.15. The van der Waals surface area contributed by atoms with Crippen molar-refractivity contribution >= 4 is 5.97 Å². The normalized spacial score (nSPS) is 15.3. The van der Waals surface area contributed by atoms with Gasteiger partial charge in [0.1, 0.15) is 5.56 Å². The summed E-state index contributed by atoms with van der Waals surface area (Å²) in [5, 5.41) is 9.41. The number of aromatic amines is 1. The van der Waals surface area contributed by atoms with Gasteiger partial charge < -0.3 is 24.3 Å². The number of H-pyrrole nitrogens is 1. The Balaban J connectivity index is 2.14. The Morgan fingerprint density at radius 1 is 1.27 bits per heavy atom. The molecule has 2 aromatic rings. The minimum absolute atomic E-state index is 0.00788. The highest BCUT2D eigenvalue weighted by molar-refractivity contribution is 5.88. The smallest absolute Gasteiger partial charge is 0.341 e. The molecule has 3 rings (SSSR count). The summed E-state index contributed by atoms with van der Waals surface area (Å²) in [6, 6.07) is 3.39. The van der Waals surface area contributed by atoms with Crippen LogP contribution >= 0.6 is 0 Å². The Morgan fingerprint density at radius 3 is 2.60 bits per heavy atom. The van der Waals surface area contributed by atoms with Crippen LogP contribution in [0.5, 0.6) is 11.6 Å². The number of carboxylic acids is 1. The molecule has 0 aromatic carbocycles. The summed E-state index contributed by atoms with van der Waals surface area (Å²) in [4.78, 5) is 31.3. The van der Waals surface area contributed by atoms with Crippen molar-refractivity contribution in [3.05, 3.63) is 39.2 Å². The number of ether oxygens (including phenoxy) is 3. The molecule has 1 aliphatic rings. The molecular formula is C22H28N2O6. The highest BCUT2D eigenvalue weighted by Crippen LogP contribution is 2.47. The van der Waals surface area contributed by atoms with Crippen LogP contribution in [-0.4, -0.2) is 48.5 Å². The zero-order valence-corrected chi connectivity index (χ0v) is 18.0. The lowest BCUT2D eigenvalue weighted by molar-refractivity contribution is 0.0694. The van der Waals surface area contributed by atoms with Gasteiger partial charge in [0.2, 0.25) is 0 Å². The van der Waals surface area contributed by atoms with Crippen molar-refractivity contribution < 1.29 is 24.1 Å². The second kappa shape index (κ2) is 8.47. The maximum absolute atomic E-state index is 12.4. The fourth-order valence-corrected chi connectivity index (χ4v) is 3.80. The second-order valence-corrected chi connectivity index (χ2v) is 8.47. The third-order valence-electron chi connectivity index (χ3n) is 5.36. The number of nitrogens with zero attached hydrogens (tertiary/aromatic N) is 1. The molecule has 2 N–H and O–H groups in total. The van der Waals surface area contributed by atoms with Crippen molar-refractivity contribution in [2.45, 2.75) is 39.5 Å². The van der Waals surface area contributed by atoms with Crippen LogP contribution in [0, 0.1) is 5.41 Å². The van der Waals surface area contributed by atoms with Crippen LogP contribution in [0.4, 0.5) is 0 Å². The monoisotopic (exact) mass is 416 g/mol. The van der Waals surface area contributed by atoms with E-state index in [1.165, 1.54) is 13.2 Å². The van der Waals surface area contributed by atoms with Gasteiger partial charge in [-0.25, -0.2) is 9.78 Å². The highest BCUT2D eigenvalue weighted by Gasteiger charge is 2.36. The summed E-state index contributed by atoms with van der Waals surface area (Å²) in [5.74, 6) is -0.406. The zero-order chi connectivity index (χ0) is 22.1. The van der Waals surface area contributed by atoms with E-state index in [-0.39, 0.29) is 16.9 Å². The Kier molecular flexibility index (Phi) is 6.17. The first-order valence-electron chi connectivity index (χ1n) is 9.88. The maximum Gasteiger partial charge on any atom is 0.341 e. The van der Waals surface area contributed by atoms with Gasteiger partial charge in [0.05, 0.1) is 25.1 Å². The molecule has 0 saturated heterocycles. The van der Waals surface area contributed by atoms with Crippen molar-refractivity contribution in [2.75, 3.05) is 27.4 Å². The Morgan fingerprint density at radius 2 is 2.00 bits per heavy atom. The molecule has 162 valence electrons. The predicted molar refractivity (Wildman–Crippen MR) is 112 cm³/mol. The molecule has 0 fully saturated rings. The first kappa shape index (κ1) is 21.8. The van der Waals surface area contributed by atoms with Gasteiger partial charge in [-0.3, -0.25) is 4.79 Å². The molecule has 0 aliphatic heterocycles. The number of aromatic nitrogens is 2. The second-order valence-electron chi connectivity index (χ2n) is 8.47. The molecule has 0 spiro atoms. The number of hydrogen-bond acceptors (Lipinski definition) is 6. The van der Waals surface area contributed by atoms with Crippen LogP contribution in [0.15, 0.2) is 16.9 Å². The summed E-state index contributed by atoms with van der Waals surface area (Å²) in [6.07, 6.45) is 1.37. The van der Waals surface area contributed by atoms with Gasteiger partial charge in [0, 0.05) is 20.1 Å². The number of aromatic carboxylic acids is 1. The summed E-state index contributed by atoms with van der Waals surface area (Å²) < 4.78 is 16.3. The number of pyridine rings is 2. The lowest BCUT2D eigenvalue weighted by Gasteiger charge is -2.36. The fourth-order valence-electron chi connectivity index (χ4n) is 3.80. The van der Waals surface area contributed by atoms with E-state index in [4.69, 9.17) is 14.2 Å². The molecule has 2 aromatic heterocycles. The molecule has 0 saturated carbocycles. The van der Waals surface area contributed by atoms with Crippen LogP contribution in [0.3, 0.4) is 0 Å². The topological polar surface area (TPSA) is 111 Å². The summed E-state index contributed by atoms with van der Waals surface area (Å²) >= 11 is 0. The molecular weight excluding hydrogens is 388 g/mol. The van der Waals surface area contributed by atoms with E-state index in [1.807, 2.05) is 6.07 Å². The zero-order valence-electron chi connectivity index (χ0n) is 18.0. The Labute approximate surface area is 175 Å². The molecule has 1 unspecified atom stereocenters. The minimum atomic E-state index is -1.25. The van der Waals surface area contributed by atoms with Crippen molar-refractivity contribution in [3.8, 4) is 23.0 Å². The molecule has 30 heavy (non-hydrogen) atoms. The first-order chi connectivity index (χ1) is 14.2. The lowest BCUT2D eigenvalue weighted by atomic mass is 9.69. The number of rotatable bonds is 7. The van der Waals surface area contributed by atoms with Gasteiger partial charge in [-0.15, -0.1) is 0 Å². The molecule has 0 bridgehead atoms. The predicted octanol–water partition coefficient (Wildman–Crippen LogP) is 3.24. The average molecular weight is 416 g/mol. The average Bonchev–Trinajstić information content (AvgIpc) is 2.68. The SMILES string of the molecule is COCCCOc1cc2c(nc1OC)-c1[nH]c(=O)c(C(=O)O)cc1C(C(C)(C)C)C2. The standard InChI is InChI=1S/C22H28N2O6/c1-22(2,3)15-9-12-10-16(30-8-6-7-28-4)20(29-5)24-17(12)18-13(15)11-14(21(26)27)19(25)23-18/h10-11,15H,6-9H2,1-5H3,(H,23,25)(H,26,27). The van der Waals surface area contributed by atoms with E-state index in [2.05, 4.69) is 30.7 Å². The quantitative estimate of drug-likeness (QED) is 0.667. The van der Waals surface area contributed by atoms with Gasteiger partial charge in [0.15, 0.2) is 5.75 Å². The number of carboxylic acid groups (broad SMARTS) is 1. The summed E-state index contributed by atoms with van der Waals surface area (Å²) in [6.45, 7) is 7.33. The molecule has 0 amide bonds. The van der Waals surface area contributed by atoms with Crippen LogP contribution in [0.1, 0.15) is 54.6 Å². The van der Waals surface area contributed by atoms with Gasteiger partial charge in [-0.05, 0) is 41.0 Å². The maximum atomic E-state index is 12.4. The molecule has 2 heterocycles. The molecule has 0 radical (unpaired) electrons. The van der Waals surface area contributed by atoms with E-state index in [9.17, 15) is 14.7 Å². The Bertz CT molecular complexity index is 1010. The third kappa shape index (κ3) is 4.18. The minimum Gasteiger partial charge on any atom is -0.488 e. The van der Waals surface area contributed by atoms with Crippen molar-refractivity contribution in [3.63, 3.8) is 0 Å². The van der Waals surface area contributed by atoms with Crippen molar-refractivity contribution in [2.24, 2.45) is 5.41 Å². The summed E-state index contributed by atoms with van der Waals surface area (Å²) in [5.41, 5.74) is 1.73. The van der Waals surface area contributed by atoms with Gasteiger partial charge in [0.25, 0.3) is 11.4 Å². The van der Waals surface area contributed by atoms with Gasteiger partial charge in [-0.1, -0.05) is 20.8 Å². The lowest BCUT2D eigenvalue weighted by Crippen LogP contribution is -2.29. The number of hydrogen-bond donors (Lipinski definition) is 2. The van der Waals surface area contributed by atoms with E-state index in [0.29, 0.717) is 42.7 Å². The largest absolute Gasteiger partial charge is 0.488 e. The number of methoxy groups -OCH3 is 2. The molecule has 8 heteroatoms. The molecule has 1 atom stereocenters. The number of fused-ring (bicyclic) bond motifs is 3. The van der Waals surface area contributed by atoms with Gasteiger partial charge >= 0.3 is 5.97 Å². The van der Waals surface area contributed by atoms with Gasteiger partial charge in [-0.2, -0.15) is 0 Å². The van der Waals surface area contributed by atoms with E-state index >= 15 is 0 Å². The van der Waals surface area contributed by atoms with Crippen molar-refractivity contribution in [1.82, 2.24) is 9.97 Å². The van der Waals surface area contributed by atoms with Crippen molar-refractivity contribution in [1.29, 1.82) is 0 Å². The third-order valence-corrected chi connectivity index (χ3v) is 5.36. The molecule has 8 nitrogen and oxygen atoms in total. The van der Waals surface area contributed by atoms with Crippen LogP contribution in [0.2, 0.25) is 0 Å². The van der Waals surface area contributed by atoms with E-state index < -0.39 is 11.5 Å².